The number of carbonyl (C=O) groups is 2. The molecular weight excluding hydrogens is 441 g/mol. The minimum atomic E-state index is -0.258. The van der Waals surface area contributed by atoms with Gasteiger partial charge in [-0.1, -0.05) is 62.7 Å². The summed E-state index contributed by atoms with van der Waals surface area (Å²) in [5.74, 6) is -0.288. The molecule has 0 atom stereocenters. The van der Waals surface area contributed by atoms with Crippen molar-refractivity contribution >= 4 is 11.8 Å². The third-order valence-electron chi connectivity index (χ3n) is 6.04. The average molecular weight is 478 g/mol. The molecule has 6 heteroatoms. The highest BCUT2D eigenvalue weighted by molar-refractivity contribution is 5.84. The van der Waals surface area contributed by atoms with E-state index in [1.165, 1.54) is 12.1 Å². The summed E-state index contributed by atoms with van der Waals surface area (Å²) in [6.45, 7) is 6.23. The molecule has 0 N–H and O–H groups in total. The van der Waals surface area contributed by atoms with Crippen LogP contribution >= 0.6 is 0 Å². The topological polar surface area (TPSA) is 45.6 Å². The zero-order valence-corrected chi connectivity index (χ0v) is 20.8. The number of unbranched alkanes of at least 4 members (excludes halogenated alkanes) is 1. The Morgan fingerprint density at radius 3 is 2.23 bits per heavy atom. The van der Waals surface area contributed by atoms with Gasteiger partial charge in [0, 0.05) is 37.9 Å². The summed E-state index contributed by atoms with van der Waals surface area (Å²) in [6, 6.07) is 20.3. The molecule has 1 heterocycles. The van der Waals surface area contributed by atoms with E-state index in [0.29, 0.717) is 32.6 Å². The molecule has 35 heavy (non-hydrogen) atoms. The Labute approximate surface area is 208 Å². The summed E-state index contributed by atoms with van der Waals surface area (Å²) in [6.07, 6.45) is 5.04. The molecule has 3 rings (SSSR count). The van der Waals surface area contributed by atoms with Crippen LogP contribution in [0.25, 0.3) is 0 Å². The molecule has 0 saturated carbocycles. The van der Waals surface area contributed by atoms with Crippen molar-refractivity contribution in [2.45, 2.75) is 59.2 Å². The minimum absolute atomic E-state index is 0.0358. The third kappa shape index (κ3) is 8.09. The molecule has 1 aromatic heterocycles. The van der Waals surface area contributed by atoms with Crippen LogP contribution in [-0.4, -0.2) is 39.3 Å². The number of rotatable bonds is 13. The van der Waals surface area contributed by atoms with Crippen LogP contribution in [0.3, 0.4) is 0 Å². The van der Waals surface area contributed by atoms with Crippen molar-refractivity contribution in [1.82, 2.24) is 14.4 Å². The van der Waals surface area contributed by atoms with E-state index in [2.05, 4.69) is 11.5 Å². The molecule has 0 aliphatic rings. The first kappa shape index (κ1) is 26.2. The molecule has 0 aliphatic heterocycles. The summed E-state index contributed by atoms with van der Waals surface area (Å²) >= 11 is 0. The standard InChI is InChI=1S/C29H36FN3O2/c1-3-5-18-32(28(34)10-4-2)23-29(35)33(21-24-11-7-6-8-12-24)22-27-13-9-19-31(27)20-25-14-16-26(30)17-15-25/h6-9,11-17,19H,3-5,10,18,20-23H2,1-2H3. The normalized spacial score (nSPS) is 10.8. The van der Waals surface area contributed by atoms with E-state index in [9.17, 15) is 14.0 Å². The van der Waals surface area contributed by atoms with E-state index in [-0.39, 0.29) is 24.2 Å². The van der Waals surface area contributed by atoms with Crippen LogP contribution in [0.1, 0.15) is 56.4 Å². The zero-order valence-electron chi connectivity index (χ0n) is 20.8. The van der Waals surface area contributed by atoms with Gasteiger partial charge in [0.25, 0.3) is 0 Å². The fraction of sp³-hybridized carbons (Fsp3) is 0.379. The number of nitrogens with zero attached hydrogens (tertiary/aromatic N) is 3. The smallest absolute Gasteiger partial charge is 0.242 e. The highest BCUT2D eigenvalue weighted by Crippen LogP contribution is 2.15. The Balaban J connectivity index is 1.79. The van der Waals surface area contributed by atoms with Crippen LogP contribution in [0, 0.1) is 5.82 Å². The Hall–Kier alpha value is -3.41. The molecule has 5 nitrogen and oxygen atoms in total. The van der Waals surface area contributed by atoms with Crippen molar-refractivity contribution in [3.05, 3.63) is 95.6 Å². The molecule has 0 fully saturated rings. The van der Waals surface area contributed by atoms with E-state index in [1.807, 2.05) is 60.5 Å². The lowest BCUT2D eigenvalue weighted by Gasteiger charge is -2.28. The quantitative estimate of drug-likeness (QED) is 0.320. The average Bonchev–Trinajstić information content (AvgIpc) is 3.29. The number of aromatic nitrogens is 1. The number of amides is 2. The number of benzene rings is 2. The van der Waals surface area contributed by atoms with Crippen molar-refractivity contribution in [3.8, 4) is 0 Å². The van der Waals surface area contributed by atoms with Gasteiger partial charge in [0.15, 0.2) is 0 Å². The largest absolute Gasteiger partial charge is 0.345 e. The third-order valence-corrected chi connectivity index (χ3v) is 6.04. The maximum atomic E-state index is 13.5. The van der Waals surface area contributed by atoms with Gasteiger partial charge in [-0.3, -0.25) is 9.59 Å². The molecule has 186 valence electrons. The molecule has 0 unspecified atom stereocenters. The predicted molar refractivity (Wildman–Crippen MR) is 137 cm³/mol. The van der Waals surface area contributed by atoms with Gasteiger partial charge < -0.3 is 14.4 Å². The molecule has 0 spiro atoms. The van der Waals surface area contributed by atoms with Crippen molar-refractivity contribution in [3.63, 3.8) is 0 Å². The van der Waals surface area contributed by atoms with Crippen molar-refractivity contribution in [1.29, 1.82) is 0 Å². The van der Waals surface area contributed by atoms with Gasteiger partial charge in [-0.15, -0.1) is 0 Å². The first-order valence-electron chi connectivity index (χ1n) is 12.5. The molecule has 2 amide bonds. The molecule has 0 radical (unpaired) electrons. The van der Waals surface area contributed by atoms with Crippen molar-refractivity contribution in [2.75, 3.05) is 13.1 Å². The molecule has 2 aromatic carbocycles. The van der Waals surface area contributed by atoms with Gasteiger partial charge in [-0.2, -0.15) is 0 Å². The fourth-order valence-electron chi connectivity index (χ4n) is 4.04. The highest BCUT2D eigenvalue weighted by atomic mass is 19.1. The van der Waals surface area contributed by atoms with Gasteiger partial charge >= 0.3 is 0 Å². The summed E-state index contributed by atoms with van der Waals surface area (Å²) in [4.78, 5) is 29.8. The van der Waals surface area contributed by atoms with Gasteiger partial charge in [0.05, 0.1) is 13.1 Å². The lowest BCUT2D eigenvalue weighted by molar-refractivity contribution is -0.141. The molecule has 0 bridgehead atoms. The number of halogens is 1. The van der Waals surface area contributed by atoms with Gasteiger partial charge in [0.2, 0.25) is 11.8 Å². The summed E-state index contributed by atoms with van der Waals surface area (Å²) < 4.78 is 15.4. The summed E-state index contributed by atoms with van der Waals surface area (Å²) in [7, 11) is 0. The minimum Gasteiger partial charge on any atom is -0.345 e. The van der Waals surface area contributed by atoms with Crippen LogP contribution < -0.4 is 0 Å². The molecule has 0 saturated heterocycles. The van der Waals surface area contributed by atoms with E-state index >= 15 is 0 Å². The maximum Gasteiger partial charge on any atom is 0.242 e. The fourth-order valence-corrected chi connectivity index (χ4v) is 4.04. The second-order valence-electron chi connectivity index (χ2n) is 8.91. The molecular formula is C29H36FN3O2. The monoisotopic (exact) mass is 477 g/mol. The van der Waals surface area contributed by atoms with E-state index in [0.717, 1.165) is 36.1 Å². The van der Waals surface area contributed by atoms with Gasteiger partial charge in [-0.25, -0.2) is 4.39 Å². The lowest BCUT2D eigenvalue weighted by Crippen LogP contribution is -2.43. The second-order valence-corrected chi connectivity index (χ2v) is 8.91. The maximum absolute atomic E-state index is 13.5. The van der Waals surface area contributed by atoms with Crippen LogP contribution in [-0.2, 0) is 29.2 Å². The van der Waals surface area contributed by atoms with Gasteiger partial charge in [0.1, 0.15) is 5.82 Å². The van der Waals surface area contributed by atoms with Crippen molar-refractivity contribution in [2.24, 2.45) is 0 Å². The number of carbonyl (C=O) groups excluding carboxylic acids is 2. The van der Waals surface area contributed by atoms with E-state index in [4.69, 9.17) is 0 Å². The summed E-state index contributed by atoms with van der Waals surface area (Å²) in [5.41, 5.74) is 3.01. The number of hydrogen-bond donors (Lipinski definition) is 0. The second kappa shape index (κ2) is 13.5. The van der Waals surface area contributed by atoms with Crippen LogP contribution in [0.2, 0.25) is 0 Å². The Morgan fingerprint density at radius 2 is 1.54 bits per heavy atom. The Bertz CT molecular complexity index is 1060. The number of hydrogen-bond acceptors (Lipinski definition) is 2. The Kier molecular flexibility index (Phi) is 10.1. The molecule has 0 aliphatic carbocycles. The molecule has 3 aromatic rings. The van der Waals surface area contributed by atoms with Crippen molar-refractivity contribution < 1.29 is 14.0 Å². The first-order valence-corrected chi connectivity index (χ1v) is 12.5. The summed E-state index contributed by atoms with van der Waals surface area (Å²) in [5, 5.41) is 0. The van der Waals surface area contributed by atoms with E-state index in [1.54, 1.807) is 17.0 Å². The van der Waals surface area contributed by atoms with Gasteiger partial charge in [-0.05, 0) is 48.2 Å². The zero-order chi connectivity index (χ0) is 25.0. The SMILES string of the molecule is CCCCN(CC(=O)N(Cc1ccccc1)Cc1cccn1Cc1ccc(F)cc1)C(=O)CCC. The van der Waals surface area contributed by atoms with Crippen LogP contribution in [0.5, 0.6) is 0 Å². The first-order chi connectivity index (χ1) is 17.0. The van der Waals surface area contributed by atoms with E-state index < -0.39 is 0 Å². The highest BCUT2D eigenvalue weighted by Gasteiger charge is 2.22. The predicted octanol–water partition coefficient (Wildman–Crippen LogP) is 5.63. The van der Waals surface area contributed by atoms with Crippen LogP contribution in [0.15, 0.2) is 72.9 Å². The Morgan fingerprint density at radius 1 is 0.800 bits per heavy atom. The van der Waals surface area contributed by atoms with Crippen LogP contribution in [0.4, 0.5) is 4.39 Å². The lowest BCUT2D eigenvalue weighted by atomic mass is 10.2.